The fourth-order valence-corrected chi connectivity index (χ4v) is 3.80. The second kappa shape index (κ2) is 5.19. The zero-order valence-electron chi connectivity index (χ0n) is 9.43. The van der Waals surface area contributed by atoms with Crippen LogP contribution < -0.4 is 0 Å². The molecule has 0 radical (unpaired) electrons. The number of hydrogen-bond donors (Lipinski definition) is 0. The second-order valence-corrected chi connectivity index (χ2v) is 6.57. The van der Waals surface area contributed by atoms with Crippen molar-refractivity contribution < 1.29 is 0 Å². The van der Waals surface area contributed by atoms with Gasteiger partial charge in [0.15, 0.2) is 0 Å². The van der Waals surface area contributed by atoms with E-state index < -0.39 is 0 Å². The molecule has 1 aromatic carbocycles. The molecule has 0 fully saturated rings. The van der Waals surface area contributed by atoms with Gasteiger partial charge < -0.3 is 0 Å². The molecular formula is C13H11Cl3S. The molecule has 1 heterocycles. The van der Waals surface area contributed by atoms with Crippen molar-refractivity contribution in [3.63, 3.8) is 0 Å². The lowest BCUT2D eigenvalue weighted by Gasteiger charge is -2.10. The van der Waals surface area contributed by atoms with Gasteiger partial charge in [-0.1, -0.05) is 23.2 Å². The summed E-state index contributed by atoms with van der Waals surface area (Å²) in [6.45, 7) is 4.15. The van der Waals surface area contributed by atoms with Crippen molar-refractivity contribution in [2.45, 2.75) is 19.2 Å². The van der Waals surface area contributed by atoms with Crippen LogP contribution in [0.3, 0.4) is 0 Å². The molecule has 0 aliphatic rings. The van der Waals surface area contributed by atoms with Gasteiger partial charge in [-0.15, -0.1) is 22.9 Å². The van der Waals surface area contributed by atoms with Crippen LogP contribution in [0.5, 0.6) is 0 Å². The van der Waals surface area contributed by atoms with Gasteiger partial charge in [-0.05, 0) is 49.2 Å². The highest BCUT2D eigenvalue weighted by atomic mass is 35.5. The molecule has 2 aromatic rings. The molecule has 0 saturated heterocycles. The highest BCUT2D eigenvalue weighted by Crippen LogP contribution is 2.38. The molecular weight excluding hydrogens is 295 g/mol. The lowest BCUT2D eigenvalue weighted by Crippen LogP contribution is -1.92. The van der Waals surface area contributed by atoms with Crippen molar-refractivity contribution in [3.05, 3.63) is 55.2 Å². The van der Waals surface area contributed by atoms with E-state index in [4.69, 9.17) is 34.8 Å². The largest absolute Gasteiger partial charge is 0.143 e. The van der Waals surface area contributed by atoms with E-state index in [1.807, 2.05) is 12.1 Å². The van der Waals surface area contributed by atoms with Crippen molar-refractivity contribution in [1.82, 2.24) is 0 Å². The van der Waals surface area contributed by atoms with Crippen LogP contribution in [0.1, 0.15) is 26.3 Å². The minimum atomic E-state index is -0.190. The Morgan fingerprint density at radius 2 is 1.59 bits per heavy atom. The first kappa shape index (κ1) is 13.2. The smallest absolute Gasteiger partial charge is 0.0931 e. The van der Waals surface area contributed by atoms with E-state index in [1.165, 1.54) is 10.4 Å². The lowest BCUT2D eigenvalue weighted by atomic mass is 10.1. The van der Waals surface area contributed by atoms with Crippen molar-refractivity contribution in [1.29, 1.82) is 0 Å². The molecule has 0 bridgehead atoms. The third-order valence-electron chi connectivity index (χ3n) is 2.49. The Morgan fingerprint density at radius 3 is 2.06 bits per heavy atom. The first-order chi connectivity index (χ1) is 7.97. The summed E-state index contributed by atoms with van der Waals surface area (Å²) in [4.78, 5) is 2.42. The molecule has 0 aliphatic heterocycles. The van der Waals surface area contributed by atoms with Crippen LogP contribution in [-0.4, -0.2) is 0 Å². The Morgan fingerprint density at radius 1 is 1.00 bits per heavy atom. The molecule has 4 heteroatoms. The van der Waals surface area contributed by atoms with E-state index in [0.29, 0.717) is 10.0 Å². The number of alkyl halides is 1. The summed E-state index contributed by atoms with van der Waals surface area (Å²) in [6, 6.07) is 7.57. The van der Waals surface area contributed by atoms with Gasteiger partial charge in [-0.3, -0.25) is 0 Å². The number of rotatable bonds is 2. The summed E-state index contributed by atoms with van der Waals surface area (Å²) in [6.07, 6.45) is 0. The molecule has 0 amide bonds. The Bertz CT molecular complexity index is 525. The average Bonchev–Trinajstić information content (AvgIpc) is 2.55. The summed E-state index contributed by atoms with van der Waals surface area (Å²) in [5.41, 5.74) is 2.15. The minimum absolute atomic E-state index is 0.190. The van der Waals surface area contributed by atoms with Crippen LogP contribution in [0.15, 0.2) is 24.3 Å². The summed E-state index contributed by atoms with van der Waals surface area (Å²) >= 11 is 20.2. The fourth-order valence-electron chi connectivity index (χ4n) is 1.78. The Kier molecular flexibility index (Phi) is 4.04. The van der Waals surface area contributed by atoms with E-state index in [9.17, 15) is 0 Å². The predicted octanol–water partition coefficient (Wildman–Crippen LogP) is 6.00. The van der Waals surface area contributed by atoms with Gasteiger partial charge in [-0.2, -0.15) is 0 Å². The van der Waals surface area contributed by atoms with Gasteiger partial charge in [0.25, 0.3) is 0 Å². The SMILES string of the molecule is Cc1cc(C)c(C(Cl)c2cc(Cl)cc(Cl)c2)s1. The van der Waals surface area contributed by atoms with Crippen LogP contribution in [0.25, 0.3) is 0 Å². The molecule has 0 N–H and O–H groups in total. The number of benzene rings is 1. The van der Waals surface area contributed by atoms with Crippen molar-refractivity contribution in [2.24, 2.45) is 0 Å². The van der Waals surface area contributed by atoms with E-state index in [1.54, 1.807) is 17.4 Å². The zero-order valence-corrected chi connectivity index (χ0v) is 12.5. The molecule has 0 spiro atoms. The van der Waals surface area contributed by atoms with Gasteiger partial charge >= 0.3 is 0 Å². The summed E-state index contributed by atoms with van der Waals surface area (Å²) in [5.74, 6) is 0. The molecule has 0 nitrogen and oxygen atoms in total. The van der Waals surface area contributed by atoms with Crippen LogP contribution >= 0.6 is 46.1 Å². The Labute approximate surface area is 120 Å². The topological polar surface area (TPSA) is 0 Å². The van der Waals surface area contributed by atoms with Crippen molar-refractivity contribution >= 4 is 46.1 Å². The maximum absolute atomic E-state index is 6.49. The first-order valence-electron chi connectivity index (χ1n) is 5.14. The zero-order chi connectivity index (χ0) is 12.6. The lowest BCUT2D eigenvalue weighted by molar-refractivity contribution is 1.16. The molecule has 2 rings (SSSR count). The predicted molar refractivity (Wildman–Crippen MR) is 78.0 cm³/mol. The van der Waals surface area contributed by atoms with E-state index in [-0.39, 0.29) is 5.38 Å². The van der Waals surface area contributed by atoms with Crippen LogP contribution in [0.4, 0.5) is 0 Å². The van der Waals surface area contributed by atoms with Gasteiger partial charge in [-0.25, -0.2) is 0 Å². The third kappa shape index (κ3) is 2.97. The number of halogens is 3. The quantitative estimate of drug-likeness (QED) is 0.597. The molecule has 17 heavy (non-hydrogen) atoms. The molecule has 1 unspecified atom stereocenters. The maximum atomic E-state index is 6.49. The van der Waals surface area contributed by atoms with Crippen molar-refractivity contribution in [3.8, 4) is 0 Å². The Hall–Kier alpha value is -0.210. The number of thiophene rings is 1. The fraction of sp³-hybridized carbons (Fsp3) is 0.231. The third-order valence-corrected chi connectivity index (χ3v) is 4.74. The monoisotopic (exact) mass is 304 g/mol. The van der Waals surface area contributed by atoms with Gasteiger partial charge in [0.2, 0.25) is 0 Å². The molecule has 90 valence electrons. The molecule has 0 saturated carbocycles. The summed E-state index contributed by atoms with van der Waals surface area (Å²) < 4.78 is 0. The highest BCUT2D eigenvalue weighted by molar-refractivity contribution is 7.12. The average molecular weight is 306 g/mol. The minimum Gasteiger partial charge on any atom is -0.143 e. The van der Waals surface area contributed by atoms with Crippen LogP contribution in [0, 0.1) is 13.8 Å². The first-order valence-corrected chi connectivity index (χ1v) is 7.15. The summed E-state index contributed by atoms with van der Waals surface area (Å²) in [7, 11) is 0. The summed E-state index contributed by atoms with van der Waals surface area (Å²) in [5, 5.41) is 1.04. The van der Waals surface area contributed by atoms with Gasteiger partial charge in [0, 0.05) is 19.8 Å². The normalized spacial score (nSPS) is 12.8. The van der Waals surface area contributed by atoms with Crippen LogP contribution in [0.2, 0.25) is 10.0 Å². The standard InChI is InChI=1S/C13H11Cl3S/c1-7-3-8(2)17-13(7)12(16)9-4-10(14)6-11(15)5-9/h3-6,12H,1-2H3. The molecule has 1 aromatic heterocycles. The van der Waals surface area contributed by atoms with Gasteiger partial charge in [0.1, 0.15) is 0 Å². The van der Waals surface area contributed by atoms with E-state index in [0.717, 1.165) is 10.4 Å². The number of aryl methyl sites for hydroxylation is 2. The molecule has 0 aliphatic carbocycles. The maximum Gasteiger partial charge on any atom is 0.0931 e. The molecule has 1 atom stereocenters. The van der Waals surface area contributed by atoms with E-state index in [2.05, 4.69) is 19.9 Å². The van der Waals surface area contributed by atoms with Crippen LogP contribution in [-0.2, 0) is 0 Å². The van der Waals surface area contributed by atoms with E-state index >= 15 is 0 Å². The van der Waals surface area contributed by atoms with Gasteiger partial charge in [0.05, 0.1) is 5.38 Å². The number of hydrogen-bond acceptors (Lipinski definition) is 1. The van der Waals surface area contributed by atoms with Crippen molar-refractivity contribution in [2.75, 3.05) is 0 Å². The Balaban J connectivity index is 2.43. The highest BCUT2D eigenvalue weighted by Gasteiger charge is 2.16. The second-order valence-electron chi connectivity index (χ2n) is 3.97.